The number of carbonyl (C=O) groups is 1. The minimum absolute atomic E-state index is 0.180. The topological polar surface area (TPSA) is 148 Å². The molecule has 13 nitrogen and oxygen atoms in total. The van der Waals surface area contributed by atoms with E-state index in [1.54, 1.807) is 42.7 Å². The molecule has 4 aromatic heterocycles. The van der Waals surface area contributed by atoms with Crippen molar-refractivity contribution in [1.82, 2.24) is 14.9 Å². The second-order valence-corrected chi connectivity index (χ2v) is 17.3. The summed E-state index contributed by atoms with van der Waals surface area (Å²) in [5, 5.41) is 13.6. The molecule has 3 N–H and O–H groups in total. The minimum Gasteiger partial charge on any atom is -0.496 e. The van der Waals surface area contributed by atoms with E-state index in [0.717, 1.165) is 90.2 Å². The molecule has 0 aliphatic carbocycles. The number of amides is 1. The number of H-pyrrole nitrogens is 1. The maximum Gasteiger partial charge on any atom is 0.259 e. The molecule has 6 aromatic rings. The molecular formula is C58H46N10O3+2. The zero-order valence-electron chi connectivity index (χ0n) is 39.2. The fraction of sp³-hybridized carbons (Fsp3) is 0.0690. The lowest BCUT2D eigenvalue weighted by Crippen LogP contribution is -2.26. The van der Waals surface area contributed by atoms with E-state index < -0.39 is 0 Å². The Bertz CT molecular complexity index is 3600. The van der Waals surface area contributed by atoms with Crippen molar-refractivity contribution in [1.29, 1.82) is 0 Å². The highest BCUT2D eigenvalue weighted by molar-refractivity contribution is 6.36. The van der Waals surface area contributed by atoms with Crippen LogP contribution >= 0.6 is 0 Å². The number of aromatic amines is 1. The second-order valence-electron chi connectivity index (χ2n) is 17.3. The first-order chi connectivity index (χ1) is 34.6. The van der Waals surface area contributed by atoms with Gasteiger partial charge in [0.1, 0.15) is 19.8 Å². The van der Waals surface area contributed by atoms with E-state index in [1.165, 1.54) is 7.11 Å². The van der Waals surface area contributed by atoms with Crippen molar-refractivity contribution in [3.8, 4) is 5.75 Å². The van der Waals surface area contributed by atoms with Crippen LogP contribution in [0.3, 0.4) is 0 Å². The van der Waals surface area contributed by atoms with Gasteiger partial charge in [0.25, 0.3) is 5.91 Å². The molecule has 11 rings (SSSR count). The molecular weight excluding hydrogens is 885 g/mol. The van der Waals surface area contributed by atoms with Gasteiger partial charge in [-0.3, -0.25) is 9.78 Å². The summed E-state index contributed by atoms with van der Waals surface area (Å²) >= 11 is 0. The van der Waals surface area contributed by atoms with Crippen LogP contribution in [0.25, 0.3) is 16.7 Å². The summed E-state index contributed by atoms with van der Waals surface area (Å²) in [5.74, 6) is -0.249. The smallest absolute Gasteiger partial charge is 0.259 e. The summed E-state index contributed by atoms with van der Waals surface area (Å²) in [6.07, 6.45) is 32.0. The first-order valence-electron chi connectivity index (χ1n) is 22.9. The van der Waals surface area contributed by atoms with E-state index in [1.807, 2.05) is 96.6 Å². The minimum atomic E-state index is -0.372. The first-order valence-corrected chi connectivity index (χ1v) is 22.9. The van der Waals surface area contributed by atoms with Crippen molar-refractivity contribution in [2.75, 3.05) is 19.5 Å². The van der Waals surface area contributed by atoms with Crippen LogP contribution in [0.1, 0.15) is 44.0 Å². The number of hydrogen-bond donors (Lipinski definition) is 3. The molecule has 1 amide bonds. The van der Waals surface area contributed by atoms with Crippen LogP contribution in [0.15, 0.2) is 237 Å². The van der Waals surface area contributed by atoms with Crippen molar-refractivity contribution in [2.24, 2.45) is 34.1 Å². The van der Waals surface area contributed by atoms with Gasteiger partial charge in [0.2, 0.25) is 5.90 Å². The molecule has 0 spiro atoms. The van der Waals surface area contributed by atoms with Crippen LogP contribution in [-0.4, -0.2) is 63.1 Å². The standard InChI is InChI=1S/C58H44N10O3/c1-66-29-21-37(22-30-66)54-46-13-11-44(62-46)53(36-5-7-41(8-6-36)60-58(70)43-10-9-42(35-52(43)71-4)61-57(69)40-19-27-59-28-20-40)45-12-14-47(63-45)55(38-23-31-67(2)32-24-38)49-16-18-51(65-49)56(50-17-15-48(54)64-50)39-25-33-68(3)34-26-39/h5-35H,1-4H3,(H-2,60,61,62,63,64,65,69,70)/p+2. The second kappa shape index (κ2) is 18.5. The van der Waals surface area contributed by atoms with E-state index in [-0.39, 0.29) is 11.8 Å². The number of aliphatic hydroxyl groups is 1. The number of methoxy groups -OCH3 is 1. The Morgan fingerprint density at radius 1 is 0.634 bits per heavy atom. The highest BCUT2D eigenvalue weighted by Gasteiger charge is 2.28. The molecule has 71 heavy (non-hydrogen) atoms. The number of nitrogens with zero attached hydrogens (tertiary/aromatic N) is 8. The Hall–Kier alpha value is -9.62. The van der Waals surface area contributed by atoms with E-state index in [2.05, 4.69) is 105 Å². The molecule has 2 aromatic carbocycles. The number of aliphatic hydroxyl groups excluding tert-OH is 1. The number of fused-ring (bicyclic) bond motifs is 5. The van der Waals surface area contributed by atoms with Gasteiger partial charge in [-0.25, -0.2) is 29.1 Å². The highest BCUT2D eigenvalue weighted by atomic mass is 16.5. The van der Waals surface area contributed by atoms with Gasteiger partial charge >= 0.3 is 0 Å². The Morgan fingerprint density at radius 2 is 1.15 bits per heavy atom. The fourth-order valence-corrected chi connectivity index (χ4v) is 8.89. The van der Waals surface area contributed by atoms with Gasteiger partial charge in [0.05, 0.1) is 52.6 Å². The summed E-state index contributed by atoms with van der Waals surface area (Å²) in [7, 11) is 7.50. The molecule has 0 unspecified atom stereocenters. The zero-order valence-corrected chi connectivity index (χ0v) is 39.2. The van der Waals surface area contributed by atoms with Crippen molar-refractivity contribution in [3.05, 3.63) is 257 Å². The summed E-state index contributed by atoms with van der Waals surface area (Å²) in [6.45, 7) is 0. The molecule has 0 saturated carbocycles. The maximum atomic E-state index is 13.8. The lowest BCUT2D eigenvalue weighted by atomic mass is 9.97. The number of nitrogens with one attached hydrogen (secondary N) is 2. The van der Waals surface area contributed by atoms with Gasteiger partial charge in [0.15, 0.2) is 24.8 Å². The monoisotopic (exact) mass is 930 g/mol. The molecule has 0 radical (unpaired) electrons. The SMILES string of the molecule is COc1cc(N=C(O)c2ccncc2)ccc1C(=O)Nc1ccc(C2=C3C=CC(=N3)C(c3cc[n+](C)cc3)=C3C=CC(=N3)C(=C3C=CN(C)C=C3)C3=NC(=C(c4cc[n+](C)cc4)c4ccc2[nH]4)C=C3)cc1. The van der Waals surface area contributed by atoms with E-state index in [0.29, 0.717) is 28.3 Å². The normalized spacial score (nSPS) is 16.1. The van der Waals surface area contributed by atoms with Crippen molar-refractivity contribution >= 4 is 57.0 Å². The Balaban J connectivity index is 1.03. The number of aryl methyl sites for hydroxylation is 2. The number of carbonyl (C=O) groups excluding carboxylic acids is 1. The van der Waals surface area contributed by atoms with Gasteiger partial charge in [-0.15, -0.1) is 0 Å². The number of aliphatic imine (C=N–C) groups is 4. The third-order valence-corrected chi connectivity index (χ3v) is 12.5. The quantitative estimate of drug-likeness (QED) is 0.0792. The average molecular weight is 931 g/mol. The first kappa shape index (κ1) is 43.9. The van der Waals surface area contributed by atoms with Crippen LogP contribution in [0.2, 0.25) is 0 Å². The van der Waals surface area contributed by atoms with Gasteiger partial charge in [-0.1, -0.05) is 12.1 Å². The molecule has 13 heteroatoms. The Morgan fingerprint density at radius 3 is 1.72 bits per heavy atom. The van der Waals surface area contributed by atoms with E-state index in [4.69, 9.17) is 19.7 Å². The molecule has 5 aliphatic heterocycles. The molecule has 0 saturated heterocycles. The van der Waals surface area contributed by atoms with E-state index >= 15 is 0 Å². The number of allylic oxidation sites excluding steroid dienone is 11. The van der Waals surface area contributed by atoms with Gasteiger partial charge in [-0.2, -0.15) is 0 Å². The zero-order chi connectivity index (χ0) is 48.6. The van der Waals surface area contributed by atoms with Gasteiger partial charge in [0, 0.05) is 107 Å². The number of hydrogen-bond acceptors (Lipinski definition) is 8. The predicted octanol–water partition coefficient (Wildman–Crippen LogP) is 9.20. The molecule has 0 atom stereocenters. The van der Waals surface area contributed by atoms with Crippen LogP contribution in [0.4, 0.5) is 11.4 Å². The predicted molar refractivity (Wildman–Crippen MR) is 278 cm³/mol. The number of aromatic nitrogens is 4. The molecule has 8 bridgehead atoms. The molecule has 0 fully saturated rings. The summed E-state index contributed by atoms with van der Waals surface area (Å²) in [5.41, 5.74) is 15.7. The van der Waals surface area contributed by atoms with E-state index in [9.17, 15) is 9.90 Å². The number of pyridine rings is 3. The fourth-order valence-electron chi connectivity index (χ4n) is 8.89. The number of benzene rings is 2. The summed E-state index contributed by atoms with van der Waals surface area (Å²) < 4.78 is 9.64. The van der Waals surface area contributed by atoms with Crippen LogP contribution in [0, 0.1) is 0 Å². The Labute approximate surface area is 410 Å². The lowest BCUT2D eigenvalue weighted by Gasteiger charge is -2.16. The largest absolute Gasteiger partial charge is 0.496 e. The lowest BCUT2D eigenvalue weighted by molar-refractivity contribution is -0.671. The summed E-state index contributed by atoms with van der Waals surface area (Å²) in [6, 6.07) is 28.5. The van der Waals surface area contributed by atoms with Crippen molar-refractivity contribution in [3.63, 3.8) is 0 Å². The number of ether oxygens (including phenoxy) is 1. The van der Waals surface area contributed by atoms with Gasteiger partial charge in [-0.05, 0) is 119 Å². The van der Waals surface area contributed by atoms with Gasteiger partial charge < -0.3 is 25.0 Å². The number of rotatable bonds is 8. The highest BCUT2D eigenvalue weighted by Crippen LogP contribution is 2.39. The van der Waals surface area contributed by atoms with Crippen LogP contribution in [-0.2, 0) is 14.1 Å². The number of anilines is 1. The molecule has 344 valence electrons. The van der Waals surface area contributed by atoms with Crippen LogP contribution < -0.4 is 19.2 Å². The average Bonchev–Trinajstić information content (AvgIpc) is 4.25. The van der Waals surface area contributed by atoms with Crippen molar-refractivity contribution in [2.45, 2.75) is 0 Å². The summed E-state index contributed by atoms with van der Waals surface area (Å²) in [4.78, 5) is 44.1. The third kappa shape index (κ3) is 8.75. The molecule has 5 aliphatic rings. The van der Waals surface area contributed by atoms with Crippen molar-refractivity contribution < 1.29 is 23.8 Å². The van der Waals surface area contributed by atoms with Crippen LogP contribution in [0.5, 0.6) is 5.75 Å². The molecule has 9 heterocycles. The third-order valence-electron chi connectivity index (χ3n) is 12.5. The Kier molecular flexibility index (Phi) is 11.4. The maximum absolute atomic E-state index is 13.8.